The SMILES string of the molecule is O=C([C@@H]1C[C@@H](F)CN1)N(Cl)CCc1ccccc1. The summed E-state index contributed by atoms with van der Waals surface area (Å²) >= 11 is 5.93. The average Bonchev–Trinajstić information content (AvgIpc) is 2.83. The Bertz CT molecular complexity index is 401. The first-order valence-electron chi connectivity index (χ1n) is 6.05. The molecule has 0 bridgehead atoms. The van der Waals surface area contributed by atoms with Crippen LogP contribution in [0.2, 0.25) is 0 Å². The van der Waals surface area contributed by atoms with E-state index < -0.39 is 12.2 Å². The van der Waals surface area contributed by atoms with E-state index in [1.807, 2.05) is 30.3 Å². The molecule has 0 aliphatic carbocycles. The first-order chi connectivity index (χ1) is 8.66. The van der Waals surface area contributed by atoms with Crippen LogP contribution in [0.25, 0.3) is 0 Å². The second kappa shape index (κ2) is 6.16. The number of hydrogen-bond donors (Lipinski definition) is 1. The Balaban J connectivity index is 1.81. The Kier molecular flexibility index (Phi) is 4.55. The van der Waals surface area contributed by atoms with Gasteiger partial charge in [-0.15, -0.1) is 0 Å². The summed E-state index contributed by atoms with van der Waals surface area (Å²) in [7, 11) is 0. The molecular weight excluding hydrogens is 255 g/mol. The number of rotatable bonds is 4. The number of carbonyl (C=O) groups excluding carboxylic acids is 1. The van der Waals surface area contributed by atoms with Gasteiger partial charge in [-0.05, 0) is 12.0 Å². The normalized spacial score (nSPS) is 23.0. The van der Waals surface area contributed by atoms with Crippen molar-refractivity contribution in [3.05, 3.63) is 35.9 Å². The summed E-state index contributed by atoms with van der Waals surface area (Å²) in [6, 6.07) is 9.33. The average molecular weight is 271 g/mol. The van der Waals surface area contributed by atoms with Crippen molar-refractivity contribution in [1.29, 1.82) is 0 Å². The van der Waals surface area contributed by atoms with Crippen LogP contribution in [0.3, 0.4) is 0 Å². The molecule has 1 saturated heterocycles. The van der Waals surface area contributed by atoms with Crippen LogP contribution in [-0.4, -0.2) is 35.6 Å². The number of amides is 1. The number of hydrogen-bond acceptors (Lipinski definition) is 2. The maximum absolute atomic E-state index is 13.0. The molecule has 0 unspecified atom stereocenters. The van der Waals surface area contributed by atoms with Crippen molar-refractivity contribution in [2.24, 2.45) is 0 Å². The van der Waals surface area contributed by atoms with Crippen LogP contribution in [0.5, 0.6) is 0 Å². The summed E-state index contributed by atoms with van der Waals surface area (Å²) in [6.07, 6.45) is -0.0342. The number of benzene rings is 1. The molecule has 1 aliphatic rings. The molecule has 1 aliphatic heterocycles. The molecule has 5 heteroatoms. The third-order valence-electron chi connectivity index (χ3n) is 3.05. The van der Waals surface area contributed by atoms with Crippen LogP contribution in [0, 0.1) is 0 Å². The van der Waals surface area contributed by atoms with E-state index in [0.29, 0.717) is 13.0 Å². The van der Waals surface area contributed by atoms with Crippen LogP contribution in [-0.2, 0) is 11.2 Å². The number of nitrogens with one attached hydrogen (secondary N) is 1. The number of nitrogens with zero attached hydrogens (tertiary/aromatic N) is 1. The van der Waals surface area contributed by atoms with Crippen LogP contribution < -0.4 is 5.32 Å². The molecule has 1 aromatic carbocycles. The molecule has 18 heavy (non-hydrogen) atoms. The van der Waals surface area contributed by atoms with Gasteiger partial charge >= 0.3 is 0 Å². The monoisotopic (exact) mass is 270 g/mol. The molecule has 0 spiro atoms. The zero-order valence-corrected chi connectivity index (χ0v) is 10.7. The fraction of sp³-hybridized carbons (Fsp3) is 0.462. The van der Waals surface area contributed by atoms with E-state index >= 15 is 0 Å². The molecule has 1 amide bonds. The fourth-order valence-electron chi connectivity index (χ4n) is 2.03. The van der Waals surface area contributed by atoms with Crippen LogP contribution in [0.1, 0.15) is 12.0 Å². The predicted molar refractivity (Wildman–Crippen MR) is 69.0 cm³/mol. The van der Waals surface area contributed by atoms with Gasteiger partial charge in [0.1, 0.15) is 6.17 Å². The molecule has 0 aromatic heterocycles. The maximum Gasteiger partial charge on any atom is 0.254 e. The Morgan fingerprint density at radius 3 is 2.78 bits per heavy atom. The zero-order valence-electron chi connectivity index (χ0n) is 9.98. The van der Waals surface area contributed by atoms with Gasteiger partial charge in [-0.1, -0.05) is 30.3 Å². The van der Waals surface area contributed by atoms with Crippen molar-refractivity contribution in [2.75, 3.05) is 13.1 Å². The van der Waals surface area contributed by atoms with E-state index in [2.05, 4.69) is 5.32 Å². The molecule has 3 nitrogen and oxygen atoms in total. The van der Waals surface area contributed by atoms with E-state index in [9.17, 15) is 9.18 Å². The van der Waals surface area contributed by atoms with Crippen molar-refractivity contribution < 1.29 is 9.18 Å². The fourth-order valence-corrected chi connectivity index (χ4v) is 2.23. The molecule has 98 valence electrons. The molecule has 2 rings (SSSR count). The maximum atomic E-state index is 13.0. The van der Waals surface area contributed by atoms with Gasteiger partial charge in [0.15, 0.2) is 0 Å². The lowest BCUT2D eigenvalue weighted by molar-refractivity contribution is -0.128. The second-order valence-electron chi connectivity index (χ2n) is 4.45. The molecular formula is C13H16ClFN2O. The summed E-state index contributed by atoms with van der Waals surface area (Å²) in [5.74, 6) is -0.243. The molecule has 1 N–H and O–H groups in total. The van der Waals surface area contributed by atoms with Gasteiger partial charge in [-0.3, -0.25) is 9.21 Å². The van der Waals surface area contributed by atoms with Gasteiger partial charge in [0, 0.05) is 31.3 Å². The van der Waals surface area contributed by atoms with Crippen molar-refractivity contribution in [3.63, 3.8) is 0 Å². The van der Waals surface area contributed by atoms with E-state index in [1.165, 1.54) is 0 Å². The van der Waals surface area contributed by atoms with E-state index in [0.717, 1.165) is 9.98 Å². The summed E-state index contributed by atoms with van der Waals surface area (Å²) < 4.78 is 14.1. The third kappa shape index (κ3) is 3.43. The van der Waals surface area contributed by atoms with Crippen LogP contribution in [0.4, 0.5) is 4.39 Å². The van der Waals surface area contributed by atoms with Gasteiger partial charge in [-0.2, -0.15) is 0 Å². The molecule has 0 saturated carbocycles. The molecule has 1 heterocycles. The van der Waals surface area contributed by atoms with Crippen molar-refractivity contribution in [3.8, 4) is 0 Å². The smallest absolute Gasteiger partial charge is 0.254 e. The van der Waals surface area contributed by atoms with Crippen molar-refractivity contribution in [1.82, 2.24) is 9.74 Å². The highest BCUT2D eigenvalue weighted by Crippen LogP contribution is 2.14. The minimum absolute atomic E-state index is 0.216. The predicted octanol–water partition coefficient (Wildman–Crippen LogP) is 1.91. The standard InChI is InChI=1S/C13H16ClFN2O/c14-17(7-6-10-4-2-1-3-5-10)13(18)12-8-11(15)9-16-12/h1-5,11-12,16H,6-9H2/t11-,12+/m1/s1. The number of carbonyl (C=O) groups is 1. The molecule has 0 radical (unpaired) electrons. The quantitative estimate of drug-likeness (QED) is 0.848. The highest BCUT2D eigenvalue weighted by molar-refractivity contribution is 6.22. The molecule has 2 atom stereocenters. The third-order valence-corrected chi connectivity index (χ3v) is 3.39. The first kappa shape index (κ1) is 13.3. The Hall–Kier alpha value is -1.13. The number of halogens is 2. The lowest BCUT2D eigenvalue weighted by Gasteiger charge is -2.18. The highest BCUT2D eigenvalue weighted by Gasteiger charge is 2.31. The van der Waals surface area contributed by atoms with Gasteiger partial charge in [0.05, 0.1) is 6.04 Å². The van der Waals surface area contributed by atoms with Crippen LogP contribution >= 0.6 is 11.8 Å². The Labute approximate surface area is 111 Å². The van der Waals surface area contributed by atoms with Crippen molar-refractivity contribution in [2.45, 2.75) is 25.1 Å². The summed E-state index contributed by atoms with van der Waals surface area (Å²) in [5, 5.41) is 2.83. The van der Waals surface area contributed by atoms with Gasteiger partial charge in [-0.25, -0.2) is 4.39 Å². The Morgan fingerprint density at radius 1 is 1.44 bits per heavy atom. The van der Waals surface area contributed by atoms with Gasteiger partial charge in [0.2, 0.25) is 0 Å². The van der Waals surface area contributed by atoms with E-state index in [-0.39, 0.29) is 18.9 Å². The topological polar surface area (TPSA) is 32.3 Å². The van der Waals surface area contributed by atoms with Gasteiger partial charge in [0.25, 0.3) is 5.91 Å². The lowest BCUT2D eigenvalue weighted by Crippen LogP contribution is -2.39. The molecule has 1 fully saturated rings. The second-order valence-corrected chi connectivity index (χ2v) is 4.86. The summed E-state index contributed by atoms with van der Waals surface area (Å²) in [5.41, 5.74) is 1.12. The van der Waals surface area contributed by atoms with E-state index in [4.69, 9.17) is 11.8 Å². The highest BCUT2D eigenvalue weighted by atomic mass is 35.5. The van der Waals surface area contributed by atoms with Gasteiger partial charge < -0.3 is 5.32 Å². The summed E-state index contributed by atoms with van der Waals surface area (Å²) in [4.78, 5) is 11.9. The Morgan fingerprint density at radius 2 is 2.17 bits per heavy atom. The first-order valence-corrected chi connectivity index (χ1v) is 6.39. The zero-order chi connectivity index (χ0) is 13.0. The van der Waals surface area contributed by atoms with Crippen LogP contribution in [0.15, 0.2) is 30.3 Å². The molecule has 1 aromatic rings. The summed E-state index contributed by atoms with van der Waals surface area (Å²) in [6.45, 7) is 0.666. The minimum atomic E-state index is -0.946. The largest absolute Gasteiger partial charge is 0.303 e. The van der Waals surface area contributed by atoms with Crippen molar-refractivity contribution >= 4 is 17.7 Å². The minimum Gasteiger partial charge on any atom is -0.303 e. The number of alkyl halides is 1. The lowest BCUT2D eigenvalue weighted by atomic mass is 10.1. The van der Waals surface area contributed by atoms with E-state index in [1.54, 1.807) is 0 Å².